The summed E-state index contributed by atoms with van der Waals surface area (Å²) in [7, 11) is -4.41. The van der Waals surface area contributed by atoms with Gasteiger partial charge in [0.15, 0.2) is 0 Å². The number of hydrogen-bond acceptors (Lipinski definition) is 3. The van der Waals surface area contributed by atoms with Gasteiger partial charge in [-0.15, -0.1) is 7.26 Å². The van der Waals surface area contributed by atoms with Crippen molar-refractivity contribution in [2.75, 3.05) is 30.5 Å². The molecule has 0 aliphatic rings. The molecular weight excluding hydrogens is 305 g/mol. The summed E-state index contributed by atoms with van der Waals surface area (Å²) in [6.07, 6.45) is 14.9. The van der Waals surface area contributed by atoms with Gasteiger partial charge in [0.25, 0.3) is 10.1 Å². The SMILES string of the molecule is CCCC[P](CC)(CCCC)CCCC.NCS(=O)(=O)O. The second-order valence-corrected chi connectivity index (χ2v) is 11.8. The van der Waals surface area contributed by atoms with Crippen LogP contribution in [-0.2, 0) is 10.1 Å². The number of rotatable bonds is 11. The van der Waals surface area contributed by atoms with Gasteiger partial charge in [0, 0.05) is 0 Å². The molecule has 0 atom stereocenters. The summed E-state index contributed by atoms with van der Waals surface area (Å²) in [5, 5.41) is 0. The highest BCUT2D eigenvalue weighted by atomic mass is 32.2. The van der Waals surface area contributed by atoms with E-state index in [1.165, 1.54) is 44.7 Å². The molecule has 21 heavy (non-hydrogen) atoms. The van der Waals surface area contributed by atoms with E-state index < -0.39 is 23.3 Å². The molecule has 0 aliphatic heterocycles. The van der Waals surface area contributed by atoms with Crippen LogP contribution in [0.15, 0.2) is 0 Å². The first-order valence-corrected chi connectivity index (χ1v) is 12.4. The maximum absolute atomic E-state index is 9.43. The van der Waals surface area contributed by atoms with Crippen molar-refractivity contribution in [1.29, 1.82) is 0 Å². The average Bonchev–Trinajstić information content (AvgIpc) is 2.47. The number of nitrogens with two attached hydrogens (primary N) is 1. The third kappa shape index (κ3) is 15.0. The largest absolute Gasteiger partial charge is 0.316 e. The zero-order valence-corrected chi connectivity index (χ0v) is 16.2. The van der Waals surface area contributed by atoms with Crippen LogP contribution in [-0.4, -0.2) is 43.5 Å². The predicted octanol–water partition coefficient (Wildman–Crippen LogP) is 4.21. The van der Waals surface area contributed by atoms with Crippen molar-refractivity contribution in [1.82, 2.24) is 0 Å². The molecular formula is C15H37NO3PS. The van der Waals surface area contributed by atoms with Crippen LogP contribution in [0.1, 0.15) is 66.2 Å². The molecule has 0 aliphatic carbocycles. The van der Waals surface area contributed by atoms with Gasteiger partial charge in [0.1, 0.15) is 5.88 Å². The van der Waals surface area contributed by atoms with E-state index in [1.54, 1.807) is 18.5 Å². The summed E-state index contributed by atoms with van der Waals surface area (Å²) < 4.78 is 26.5. The first-order chi connectivity index (χ1) is 9.80. The fourth-order valence-corrected chi connectivity index (χ4v) is 6.87. The summed E-state index contributed by atoms with van der Waals surface area (Å²) in [6, 6.07) is 0. The van der Waals surface area contributed by atoms with Crippen LogP contribution in [0.4, 0.5) is 0 Å². The van der Waals surface area contributed by atoms with Crippen LogP contribution < -0.4 is 5.73 Å². The van der Waals surface area contributed by atoms with Gasteiger partial charge in [-0.2, -0.15) is 8.42 Å². The van der Waals surface area contributed by atoms with Crippen LogP contribution in [0.5, 0.6) is 0 Å². The normalized spacial score (nSPS) is 11.9. The minimum absolute atomic E-state index is 0.527. The van der Waals surface area contributed by atoms with Gasteiger partial charge in [-0.3, -0.25) is 4.55 Å². The fourth-order valence-electron chi connectivity index (χ4n) is 2.29. The Morgan fingerprint density at radius 2 is 1.14 bits per heavy atom. The summed E-state index contributed by atoms with van der Waals surface area (Å²) in [6.45, 7) is 9.46. The lowest BCUT2D eigenvalue weighted by molar-refractivity contribution is 0.483. The molecule has 0 rings (SSSR count). The van der Waals surface area contributed by atoms with Crippen LogP contribution in [0, 0.1) is 0 Å². The Balaban J connectivity index is 0. The molecule has 4 nitrogen and oxygen atoms in total. The Morgan fingerprint density at radius 3 is 1.29 bits per heavy atom. The Bertz CT molecular complexity index is 299. The van der Waals surface area contributed by atoms with Crippen LogP contribution in [0.2, 0.25) is 0 Å². The van der Waals surface area contributed by atoms with Gasteiger partial charge in [0.05, 0.1) is 0 Å². The minimum Gasteiger partial charge on any atom is -0.316 e. The van der Waals surface area contributed by atoms with Crippen LogP contribution in [0.25, 0.3) is 0 Å². The van der Waals surface area contributed by atoms with Crippen molar-refractivity contribution < 1.29 is 13.0 Å². The maximum atomic E-state index is 9.43. The van der Waals surface area contributed by atoms with E-state index in [9.17, 15) is 8.42 Å². The smallest absolute Gasteiger partial charge is 0.277 e. The van der Waals surface area contributed by atoms with Crippen molar-refractivity contribution in [2.24, 2.45) is 5.73 Å². The topological polar surface area (TPSA) is 80.4 Å². The van der Waals surface area contributed by atoms with E-state index in [0.717, 1.165) is 0 Å². The number of hydrogen-bond donors (Lipinski definition) is 2. The second-order valence-electron chi connectivity index (χ2n) is 5.64. The van der Waals surface area contributed by atoms with Gasteiger partial charge < -0.3 is 5.73 Å². The molecule has 1 radical (unpaired) electrons. The van der Waals surface area contributed by atoms with E-state index in [-0.39, 0.29) is 0 Å². The van der Waals surface area contributed by atoms with Gasteiger partial charge in [-0.05, 0) is 43.9 Å². The third-order valence-electron chi connectivity index (χ3n) is 3.84. The van der Waals surface area contributed by atoms with E-state index in [1.807, 2.05) is 0 Å². The molecule has 0 spiro atoms. The molecule has 0 unspecified atom stereocenters. The standard InChI is InChI=1S/C14H32P.CH5NO3S/c1-5-9-12-15(8-4,13-10-6-2)14-11-7-3;2-1-6(3,4)5/h5-14H2,1-4H3;1-2H2,(H,3,4,5). The molecule has 6 heteroatoms. The molecule has 131 valence electrons. The average molecular weight is 343 g/mol. The highest BCUT2D eigenvalue weighted by Gasteiger charge is 2.22. The minimum atomic E-state index is -3.88. The Morgan fingerprint density at radius 1 is 0.857 bits per heavy atom. The summed E-state index contributed by atoms with van der Waals surface area (Å²) in [5.74, 6) is -0.701. The van der Waals surface area contributed by atoms with Crippen LogP contribution in [0.3, 0.4) is 0 Å². The monoisotopic (exact) mass is 342 g/mol. The van der Waals surface area contributed by atoms with Gasteiger partial charge in [0.2, 0.25) is 0 Å². The van der Waals surface area contributed by atoms with E-state index >= 15 is 0 Å². The quantitative estimate of drug-likeness (QED) is 0.435. The summed E-state index contributed by atoms with van der Waals surface area (Å²) >= 11 is 0. The van der Waals surface area contributed by atoms with E-state index in [4.69, 9.17) is 4.55 Å². The van der Waals surface area contributed by atoms with E-state index in [2.05, 4.69) is 33.4 Å². The van der Waals surface area contributed by atoms with Gasteiger partial charge in [-0.25, -0.2) is 0 Å². The lowest BCUT2D eigenvalue weighted by Crippen LogP contribution is -2.11. The van der Waals surface area contributed by atoms with Crippen molar-refractivity contribution >= 4 is 17.4 Å². The molecule has 3 N–H and O–H groups in total. The van der Waals surface area contributed by atoms with Crippen molar-refractivity contribution in [3.05, 3.63) is 0 Å². The zero-order chi connectivity index (χ0) is 16.8. The Hall–Kier alpha value is 0.300. The van der Waals surface area contributed by atoms with Crippen LogP contribution >= 0.6 is 7.26 Å². The van der Waals surface area contributed by atoms with Gasteiger partial charge in [-0.1, -0.05) is 47.0 Å². The molecule has 0 fully saturated rings. The zero-order valence-electron chi connectivity index (χ0n) is 14.5. The molecule has 0 amide bonds. The third-order valence-corrected chi connectivity index (χ3v) is 9.40. The summed E-state index contributed by atoms with van der Waals surface area (Å²) in [5.41, 5.74) is 4.47. The highest BCUT2D eigenvalue weighted by Crippen LogP contribution is 2.60. The van der Waals surface area contributed by atoms with E-state index in [0.29, 0.717) is 0 Å². The van der Waals surface area contributed by atoms with Gasteiger partial charge >= 0.3 is 0 Å². The first-order valence-electron chi connectivity index (χ1n) is 8.31. The lowest BCUT2D eigenvalue weighted by Gasteiger charge is -2.36. The molecule has 0 heterocycles. The fraction of sp³-hybridized carbons (Fsp3) is 1.00. The maximum Gasteiger partial charge on any atom is 0.277 e. The Kier molecular flexibility index (Phi) is 15.6. The number of unbranched alkanes of at least 4 members (excludes halogenated alkanes) is 3. The molecule has 0 saturated carbocycles. The second kappa shape index (κ2) is 13.9. The predicted molar refractivity (Wildman–Crippen MR) is 97.4 cm³/mol. The lowest BCUT2D eigenvalue weighted by atomic mass is 10.4. The van der Waals surface area contributed by atoms with Crippen molar-refractivity contribution in [3.63, 3.8) is 0 Å². The molecule has 0 saturated heterocycles. The molecule has 0 aromatic carbocycles. The first kappa shape index (κ1) is 23.6. The van der Waals surface area contributed by atoms with Crippen molar-refractivity contribution in [3.8, 4) is 0 Å². The molecule has 0 bridgehead atoms. The summed E-state index contributed by atoms with van der Waals surface area (Å²) in [4.78, 5) is 0. The highest BCUT2D eigenvalue weighted by molar-refractivity contribution is 7.85. The van der Waals surface area contributed by atoms with Crippen molar-refractivity contribution in [2.45, 2.75) is 66.2 Å². The molecule has 0 aromatic heterocycles. The Labute approximate surface area is 133 Å². The molecule has 0 aromatic rings.